The first-order chi connectivity index (χ1) is 20.7. The highest BCUT2D eigenvalue weighted by Gasteiger charge is 2.50. The third-order valence-corrected chi connectivity index (χ3v) is 8.34. The molecule has 2 aromatic rings. The fraction of sp³-hybridized carbons (Fsp3) is 0.656. The van der Waals surface area contributed by atoms with E-state index in [0.29, 0.717) is 30.9 Å². The first-order valence-electron chi connectivity index (χ1n) is 15.6. The van der Waals surface area contributed by atoms with Crippen LogP contribution in [0, 0.1) is 17.2 Å². The molecule has 0 saturated carbocycles. The van der Waals surface area contributed by atoms with Crippen molar-refractivity contribution in [1.82, 2.24) is 30.3 Å². The maximum absolute atomic E-state index is 14.3. The van der Waals surface area contributed by atoms with Crippen molar-refractivity contribution in [3.63, 3.8) is 0 Å². The number of halogens is 1. The molecule has 2 amide bonds. The fourth-order valence-corrected chi connectivity index (χ4v) is 6.30. The fourth-order valence-electron chi connectivity index (χ4n) is 6.30. The van der Waals surface area contributed by atoms with Crippen LogP contribution in [0.2, 0.25) is 0 Å². The Labute approximate surface area is 260 Å². The molecule has 1 N–H and O–H groups in total. The minimum atomic E-state index is -0.521. The quantitative estimate of drug-likeness (QED) is 0.369. The Kier molecular flexibility index (Phi) is 10.3. The SMILES string of the molecule is CCN(C(=O)c1cc(F)ccc1Oc1nncnc1N1CCC2(C1)CN([C@H](CCNC(=O)OC(C)(C)C)C(C)C)C2)C(C)C. The second-order valence-corrected chi connectivity index (χ2v) is 13.6. The second kappa shape index (κ2) is 13.6. The van der Waals surface area contributed by atoms with Gasteiger partial charge in [-0.2, -0.15) is 0 Å². The zero-order valence-electron chi connectivity index (χ0n) is 27.4. The number of aromatic nitrogens is 3. The van der Waals surface area contributed by atoms with E-state index in [-0.39, 0.29) is 40.7 Å². The van der Waals surface area contributed by atoms with Crippen LogP contribution >= 0.6 is 0 Å². The molecule has 2 aliphatic rings. The van der Waals surface area contributed by atoms with E-state index in [1.165, 1.54) is 24.5 Å². The molecule has 2 fully saturated rings. The standard InChI is InChI=1S/C32H48FN7O4/c1-9-40(22(4)5)29(41)24-16-23(33)10-11-26(24)43-28-27(35-20-36-37-28)38-15-13-32(17-38)18-39(19-32)25(21(2)3)12-14-34-30(42)44-31(6,7)8/h10-11,16,20-22,25H,9,12-15,17-19H2,1-8H3,(H,34,42)/t25-/m1/s1. The van der Waals surface area contributed by atoms with Crippen molar-refractivity contribution in [1.29, 1.82) is 0 Å². The van der Waals surface area contributed by atoms with E-state index in [1.807, 2.05) is 41.5 Å². The highest BCUT2D eigenvalue weighted by molar-refractivity contribution is 5.97. The molecule has 1 atom stereocenters. The normalized spacial score (nSPS) is 17.1. The number of rotatable bonds is 11. The monoisotopic (exact) mass is 613 g/mol. The van der Waals surface area contributed by atoms with Gasteiger partial charge in [0.15, 0.2) is 5.82 Å². The Morgan fingerprint density at radius 2 is 1.89 bits per heavy atom. The molecule has 0 unspecified atom stereocenters. The highest BCUT2D eigenvalue weighted by atomic mass is 19.1. The van der Waals surface area contributed by atoms with Gasteiger partial charge in [0.2, 0.25) is 0 Å². The van der Waals surface area contributed by atoms with Gasteiger partial charge in [-0.25, -0.2) is 14.2 Å². The Bertz CT molecular complexity index is 1310. The number of ether oxygens (including phenoxy) is 2. The number of benzene rings is 1. The van der Waals surface area contributed by atoms with Gasteiger partial charge in [-0.05, 0) is 78.5 Å². The maximum Gasteiger partial charge on any atom is 0.407 e. The molecule has 11 nitrogen and oxygen atoms in total. The first-order valence-corrected chi connectivity index (χ1v) is 15.6. The van der Waals surface area contributed by atoms with E-state index >= 15 is 0 Å². The van der Waals surface area contributed by atoms with Gasteiger partial charge in [0.05, 0.1) is 5.56 Å². The van der Waals surface area contributed by atoms with Gasteiger partial charge in [0.25, 0.3) is 11.8 Å². The van der Waals surface area contributed by atoms with E-state index in [2.05, 4.69) is 44.1 Å². The van der Waals surface area contributed by atoms with E-state index < -0.39 is 11.4 Å². The number of nitrogens with zero attached hydrogens (tertiary/aromatic N) is 6. The number of hydrogen-bond donors (Lipinski definition) is 1. The van der Waals surface area contributed by atoms with Crippen molar-refractivity contribution in [3.8, 4) is 11.6 Å². The van der Waals surface area contributed by atoms with Crippen molar-refractivity contribution in [2.24, 2.45) is 11.3 Å². The van der Waals surface area contributed by atoms with E-state index in [4.69, 9.17) is 9.47 Å². The molecule has 1 aromatic heterocycles. The third-order valence-electron chi connectivity index (χ3n) is 8.34. The molecule has 2 aliphatic heterocycles. The first kappa shape index (κ1) is 33.4. The number of hydrogen-bond acceptors (Lipinski definition) is 9. The minimum absolute atomic E-state index is 0.0586. The number of nitrogens with one attached hydrogen (secondary N) is 1. The summed E-state index contributed by atoms with van der Waals surface area (Å²) in [6.45, 7) is 20.2. The zero-order valence-corrected chi connectivity index (χ0v) is 27.4. The average Bonchev–Trinajstić information content (AvgIpc) is 3.36. The highest BCUT2D eigenvalue weighted by Crippen LogP contribution is 2.44. The lowest BCUT2D eigenvalue weighted by atomic mass is 9.76. The van der Waals surface area contributed by atoms with Crippen molar-refractivity contribution in [2.75, 3.05) is 44.2 Å². The summed E-state index contributed by atoms with van der Waals surface area (Å²) < 4.78 is 25.8. The van der Waals surface area contributed by atoms with E-state index in [9.17, 15) is 14.0 Å². The summed E-state index contributed by atoms with van der Waals surface area (Å²) in [4.78, 5) is 36.3. The van der Waals surface area contributed by atoms with Crippen LogP contribution in [0.3, 0.4) is 0 Å². The summed E-state index contributed by atoms with van der Waals surface area (Å²) in [5.41, 5.74) is -0.276. The lowest BCUT2D eigenvalue weighted by molar-refractivity contribution is -0.0334. The molecule has 0 radical (unpaired) electrons. The number of amides is 2. The predicted molar refractivity (Wildman–Crippen MR) is 166 cm³/mol. The number of carbonyl (C=O) groups is 2. The van der Waals surface area contributed by atoms with Gasteiger partial charge in [0.1, 0.15) is 23.5 Å². The number of anilines is 1. The molecule has 3 heterocycles. The van der Waals surface area contributed by atoms with Crippen LogP contribution in [-0.4, -0.2) is 93.9 Å². The second-order valence-electron chi connectivity index (χ2n) is 13.6. The molecule has 2 saturated heterocycles. The Hall–Kier alpha value is -3.54. The molecular formula is C32H48FN7O4. The lowest BCUT2D eigenvalue weighted by Gasteiger charge is -2.52. The van der Waals surface area contributed by atoms with Gasteiger partial charge in [-0.1, -0.05) is 13.8 Å². The molecule has 1 aromatic carbocycles. The molecular weight excluding hydrogens is 565 g/mol. The maximum atomic E-state index is 14.3. The number of alkyl carbamates (subject to hydrolysis) is 1. The van der Waals surface area contributed by atoms with Crippen molar-refractivity contribution in [2.45, 2.75) is 85.9 Å². The van der Waals surface area contributed by atoms with Crippen LogP contribution in [0.4, 0.5) is 15.0 Å². The van der Waals surface area contributed by atoms with Crippen LogP contribution in [0.15, 0.2) is 24.5 Å². The number of likely N-dealkylation sites (tertiary alicyclic amines) is 1. The Morgan fingerprint density at radius 1 is 1.16 bits per heavy atom. The average molecular weight is 614 g/mol. The number of carbonyl (C=O) groups excluding carboxylic acids is 2. The van der Waals surface area contributed by atoms with Crippen molar-refractivity contribution >= 4 is 17.8 Å². The van der Waals surface area contributed by atoms with Crippen LogP contribution in [0.5, 0.6) is 11.6 Å². The molecule has 44 heavy (non-hydrogen) atoms. The molecule has 4 rings (SSSR count). The Balaban J connectivity index is 1.42. The summed E-state index contributed by atoms with van der Waals surface area (Å²) in [5, 5.41) is 11.1. The van der Waals surface area contributed by atoms with Crippen LogP contribution in [-0.2, 0) is 4.74 Å². The Morgan fingerprint density at radius 3 is 2.52 bits per heavy atom. The molecule has 1 spiro atoms. The van der Waals surface area contributed by atoms with Gasteiger partial charge < -0.3 is 24.6 Å². The van der Waals surface area contributed by atoms with Crippen molar-refractivity contribution in [3.05, 3.63) is 35.9 Å². The smallest absolute Gasteiger partial charge is 0.407 e. The topological polar surface area (TPSA) is 113 Å². The molecule has 0 bridgehead atoms. The van der Waals surface area contributed by atoms with Crippen LogP contribution in [0.25, 0.3) is 0 Å². The largest absolute Gasteiger partial charge is 0.444 e. The molecule has 0 aliphatic carbocycles. The van der Waals surface area contributed by atoms with Gasteiger partial charge in [-0.15, -0.1) is 10.2 Å². The molecule has 12 heteroatoms. The van der Waals surface area contributed by atoms with E-state index in [0.717, 1.165) is 39.0 Å². The van der Waals surface area contributed by atoms with Gasteiger partial charge in [-0.3, -0.25) is 9.69 Å². The minimum Gasteiger partial charge on any atom is -0.444 e. The lowest BCUT2D eigenvalue weighted by Crippen LogP contribution is -2.62. The third kappa shape index (κ3) is 7.94. The summed E-state index contributed by atoms with van der Waals surface area (Å²) in [6, 6.07) is 4.20. The van der Waals surface area contributed by atoms with Crippen LogP contribution in [0.1, 0.15) is 78.6 Å². The summed E-state index contributed by atoms with van der Waals surface area (Å²) in [6.07, 6.45) is 2.84. The zero-order chi connectivity index (χ0) is 32.2. The summed E-state index contributed by atoms with van der Waals surface area (Å²) >= 11 is 0. The van der Waals surface area contributed by atoms with E-state index in [1.54, 1.807) is 4.90 Å². The van der Waals surface area contributed by atoms with Gasteiger partial charge >= 0.3 is 6.09 Å². The van der Waals surface area contributed by atoms with Gasteiger partial charge in [0, 0.05) is 56.8 Å². The van der Waals surface area contributed by atoms with Crippen molar-refractivity contribution < 1.29 is 23.5 Å². The summed E-state index contributed by atoms with van der Waals surface area (Å²) in [7, 11) is 0. The van der Waals surface area contributed by atoms with Crippen LogP contribution < -0.4 is 15.0 Å². The predicted octanol–water partition coefficient (Wildman–Crippen LogP) is 5.13. The molecule has 242 valence electrons. The summed E-state index contributed by atoms with van der Waals surface area (Å²) in [5.74, 6) is 0.546.